The van der Waals surface area contributed by atoms with E-state index in [0.29, 0.717) is 0 Å². The van der Waals surface area contributed by atoms with E-state index >= 15 is 0 Å². The second-order valence-corrected chi connectivity index (χ2v) is 7.24. The van der Waals surface area contributed by atoms with Gasteiger partial charge in [-0.15, -0.1) is 0 Å². The summed E-state index contributed by atoms with van der Waals surface area (Å²) in [6.07, 6.45) is 2.76. The fraction of sp³-hybridized carbons (Fsp3) is 0.714. The van der Waals surface area contributed by atoms with E-state index in [-0.39, 0.29) is 5.54 Å². The average molecular weight is 297 g/mol. The van der Waals surface area contributed by atoms with E-state index in [4.69, 9.17) is 0 Å². The molecule has 2 heterocycles. The lowest BCUT2D eigenvalue weighted by Crippen LogP contribution is -2.45. The van der Waals surface area contributed by atoms with E-state index in [0.717, 1.165) is 19.0 Å². The molecule has 1 aliphatic carbocycles. The molecule has 2 nitrogen and oxygen atoms in total. The van der Waals surface area contributed by atoms with Gasteiger partial charge in [0.15, 0.2) is 0 Å². The van der Waals surface area contributed by atoms with Gasteiger partial charge in [0.05, 0.1) is 0 Å². The number of aromatic nitrogens is 1. The number of rotatable bonds is 1. The van der Waals surface area contributed by atoms with E-state index in [1.165, 1.54) is 29.6 Å². The van der Waals surface area contributed by atoms with Crippen LogP contribution in [0.3, 0.4) is 0 Å². The van der Waals surface area contributed by atoms with Crippen molar-refractivity contribution in [2.24, 2.45) is 0 Å². The van der Waals surface area contributed by atoms with E-state index in [1.54, 1.807) is 5.69 Å². The van der Waals surface area contributed by atoms with Crippen LogP contribution < -0.4 is 0 Å². The van der Waals surface area contributed by atoms with Gasteiger partial charge in [-0.1, -0.05) is 0 Å². The Morgan fingerprint density at radius 3 is 2.53 bits per heavy atom. The van der Waals surface area contributed by atoms with Crippen LogP contribution in [0.1, 0.15) is 50.9 Å². The van der Waals surface area contributed by atoms with Crippen molar-refractivity contribution in [3.63, 3.8) is 0 Å². The quantitative estimate of drug-likeness (QED) is 0.766. The molecule has 2 aliphatic rings. The highest BCUT2D eigenvalue weighted by atomic mass is 79.9. The van der Waals surface area contributed by atoms with Crippen LogP contribution in [0.5, 0.6) is 0 Å². The highest BCUT2D eigenvalue weighted by Gasteiger charge is 2.33. The van der Waals surface area contributed by atoms with Crippen molar-refractivity contribution in [2.75, 3.05) is 6.54 Å². The third kappa shape index (κ3) is 2.08. The summed E-state index contributed by atoms with van der Waals surface area (Å²) in [6.45, 7) is 10.4. The van der Waals surface area contributed by atoms with Gasteiger partial charge in [0.1, 0.15) is 0 Å². The van der Waals surface area contributed by atoms with Crippen molar-refractivity contribution in [1.29, 1.82) is 0 Å². The molecule has 0 unspecified atom stereocenters. The maximum atomic E-state index is 3.75. The van der Waals surface area contributed by atoms with Crippen LogP contribution in [-0.4, -0.2) is 21.6 Å². The Morgan fingerprint density at radius 2 is 1.94 bits per heavy atom. The zero-order valence-corrected chi connectivity index (χ0v) is 12.5. The molecule has 0 spiro atoms. The fourth-order valence-electron chi connectivity index (χ4n) is 2.82. The summed E-state index contributed by atoms with van der Waals surface area (Å²) in [5, 5.41) is 0. The predicted molar refractivity (Wildman–Crippen MR) is 74.3 cm³/mol. The van der Waals surface area contributed by atoms with Crippen molar-refractivity contribution in [3.05, 3.63) is 21.9 Å². The number of hydrogen-bond donors (Lipinski definition) is 0. The zero-order valence-electron chi connectivity index (χ0n) is 11.0. The van der Waals surface area contributed by atoms with Crippen LogP contribution in [0.4, 0.5) is 0 Å². The van der Waals surface area contributed by atoms with Gasteiger partial charge in [0, 0.05) is 47.0 Å². The molecular weight excluding hydrogens is 276 g/mol. The summed E-state index contributed by atoms with van der Waals surface area (Å²) < 4.78 is 3.90. The van der Waals surface area contributed by atoms with Gasteiger partial charge in [-0.05, 0) is 55.6 Å². The topological polar surface area (TPSA) is 8.17 Å². The van der Waals surface area contributed by atoms with Gasteiger partial charge in [-0.3, -0.25) is 4.90 Å². The normalized spacial score (nSPS) is 21.6. The molecule has 94 valence electrons. The molecule has 0 atom stereocenters. The molecule has 1 saturated carbocycles. The minimum atomic E-state index is 0.280. The third-order valence-corrected chi connectivity index (χ3v) is 4.67. The van der Waals surface area contributed by atoms with Gasteiger partial charge in [0.2, 0.25) is 0 Å². The Bertz CT molecular complexity index is 438. The highest BCUT2D eigenvalue weighted by molar-refractivity contribution is 9.10. The Morgan fingerprint density at radius 1 is 1.24 bits per heavy atom. The third-order valence-electron chi connectivity index (χ3n) is 4.03. The molecule has 0 N–H and O–H groups in total. The molecule has 1 aromatic heterocycles. The molecular formula is C14H21BrN2. The minimum Gasteiger partial charge on any atom is -0.345 e. The van der Waals surface area contributed by atoms with Crippen molar-refractivity contribution in [3.8, 4) is 0 Å². The highest BCUT2D eigenvalue weighted by Crippen LogP contribution is 2.45. The van der Waals surface area contributed by atoms with Crippen LogP contribution >= 0.6 is 15.9 Å². The summed E-state index contributed by atoms with van der Waals surface area (Å²) in [4.78, 5) is 2.57. The molecule has 1 aliphatic heterocycles. The van der Waals surface area contributed by atoms with Crippen LogP contribution in [0.2, 0.25) is 0 Å². The molecule has 0 radical (unpaired) electrons. The van der Waals surface area contributed by atoms with Crippen molar-refractivity contribution < 1.29 is 0 Å². The molecule has 1 fully saturated rings. The van der Waals surface area contributed by atoms with Crippen molar-refractivity contribution >= 4 is 15.9 Å². The van der Waals surface area contributed by atoms with Gasteiger partial charge < -0.3 is 4.57 Å². The van der Waals surface area contributed by atoms with Crippen molar-refractivity contribution in [2.45, 2.75) is 58.2 Å². The number of halogens is 1. The molecule has 0 aromatic carbocycles. The summed E-state index contributed by atoms with van der Waals surface area (Å²) in [5.41, 5.74) is 3.33. The summed E-state index contributed by atoms with van der Waals surface area (Å²) in [7, 11) is 0. The average Bonchev–Trinajstić information content (AvgIpc) is 2.99. The standard InChI is InChI=1S/C14H21BrN2/c1-14(2,3)16-6-7-17-11(9-16)8-12(15)13(17)10-4-5-10/h8,10H,4-7,9H2,1-3H3. The first-order valence-corrected chi connectivity index (χ1v) is 7.39. The lowest BCUT2D eigenvalue weighted by atomic mass is 10.0. The monoisotopic (exact) mass is 296 g/mol. The minimum absolute atomic E-state index is 0.280. The smallest absolute Gasteiger partial charge is 0.0393 e. The first-order chi connectivity index (χ1) is 7.97. The van der Waals surface area contributed by atoms with Crippen LogP contribution in [0.15, 0.2) is 10.5 Å². The Labute approximate surface area is 112 Å². The van der Waals surface area contributed by atoms with Crippen LogP contribution in [-0.2, 0) is 13.1 Å². The Hall–Kier alpha value is -0.280. The Kier molecular flexibility index (Phi) is 2.67. The lowest BCUT2D eigenvalue weighted by molar-refractivity contribution is 0.102. The van der Waals surface area contributed by atoms with Crippen molar-refractivity contribution in [1.82, 2.24) is 9.47 Å². The van der Waals surface area contributed by atoms with E-state index in [2.05, 4.69) is 52.2 Å². The second kappa shape index (κ2) is 3.86. The predicted octanol–water partition coefficient (Wildman–Crippen LogP) is 3.74. The largest absolute Gasteiger partial charge is 0.345 e. The molecule has 17 heavy (non-hydrogen) atoms. The first kappa shape index (κ1) is 11.8. The molecule has 3 heteroatoms. The van der Waals surface area contributed by atoms with Gasteiger partial charge in [-0.2, -0.15) is 0 Å². The first-order valence-electron chi connectivity index (χ1n) is 6.59. The van der Waals surface area contributed by atoms with E-state index in [9.17, 15) is 0 Å². The SMILES string of the molecule is CC(C)(C)N1CCn2c(cc(Br)c2C2CC2)C1. The summed E-state index contributed by atoms with van der Waals surface area (Å²) in [5.74, 6) is 0.833. The molecule has 3 rings (SSSR count). The van der Waals surface area contributed by atoms with Gasteiger partial charge in [0.25, 0.3) is 0 Å². The maximum absolute atomic E-state index is 3.75. The Balaban J connectivity index is 1.91. The number of nitrogens with zero attached hydrogens (tertiary/aromatic N) is 2. The van der Waals surface area contributed by atoms with Gasteiger partial charge in [-0.25, -0.2) is 0 Å². The molecule has 0 amide bonds. The van der Waals surface area contributed by atoms with E-state index in [1.807, 2.05) is 0 Å². The molecule has 0 saturated heterocycles. The fourth-order valence-corrected chi connectivity index (χ4v) is 3.62. The lowest BCUT2D eigenvalue weighted by Gasteiger charge is -2.39. The maximum Gasteiger partial charge on any atom is 0.0393 e. The van der Waals surface area contributed by atoms with E-state index < -0.39 is 0 Å². The van der Waals surface area contributed by atoms with Crippen LogP contribution in [0, 0.1) is 0 Å². The summed E-state index contributed by atoms with van der Waals surface area (Å²) >= 11 is 3.75. The number of fused-ring (bicyclic) bond motifs is 1. The number of hydrogen-bond acceptors (Lipinski definition) is 1. The zero-order chi connectivity index (χ0) is 12.2. The van der Waals surface area contributed by atoms with Gasteiger partial charge >= 0.3 is 0 Å². The summed E-state index contributed by atoms with van der Waals surface area (Å²) in [6, 6.07) is 2.34. The molecule has 0 bridgehead atoms. The van der Waals surface area contributed by atoms with Crippen LogP contribution in [0.25, 0.3) is 0 Å². The second-order valence-electron chi connectivity index (χ2n) is 6.39. The molecule has 1 aromatic rings.